The molecular weight excluding hydrogens is 292 g/mol. The molecule has 3 nitrogen and oxygen atoms in total. The maximum Gasteiger partial charge on any atom is 0.0931 e. The number of aromatic nitrogens is 1. The van der Waals surface area contributed by atoms with Gasteiger partial charge < -0.3 is 5.11 Å². The van der Waals surface area contributed by atoms with E-state index in [0.717, 1.165) is 36.1 Å². The van der Waals surface area contributed by atoms with Crippen molar-refractivity contribution >= 4 is 22.9 Å². The molecule has 0 bridgehead atoms. The van der Waals surface area contributed by atoms with Gasteiger partial charge in [-0.1, -0.05) is 17.7 Å². The molecule has 0 aliphatic carbocycles. The molecule has 0 radical (unpaired) electrons. The molecule has 3 heterocycles. The number of β-amino-alcohol motifs (C(OH)–C–C–N with tert-alkyl or cyclic N) is 1. The van der Waals surface area contributed by atoms with Crippen LogP contribution in [0.1, 0.15) is 10.6 Å². The summed E-state index contributed by atoms with van der Waals surface area (Å²) in [6.45, 7) is 2.51. The molecule has 2 atom stereocenters. The van der Waals surface area contributed by atoms with Gasteiger partial charge in [0.2, 0.25) is 0 Å². The van der Waals surface area contributed by atoms with Crippen molar-refractivity contribution < 1.29 is 5.11 Å². The molecule has 0 amide bonds. The normalized spacial score (nSPS) is 23.3. The van der Waals surface area contributed by atoms with Gasteiger partial charge in [-0.25, -0.2) is 0 Å². The van der Waals surface area contributed by atoms with E-state index in [0.29, 0.717) is 0 Å². The van der Waals surface area contributed by atoms with Crippen LogP contribution in [0, 0.1) is 5.92 Å². The Morgan fingerprint density at radius 3 is 2.90 bits per heavy atom. The monoisotopic (exact) mass is 308 g/mol. The average molecular weight is 309 g/mol. The molecule has 1 aliphatic rings. The Morgan fingerprint density at radius 2 is 2.20 bits per heavy atom. The van der Waals surface area contributed by atoms with Gasteiger partial charge in [-0.2, -0.15) is 0 Å². The van der Waals surface area contributed by atoms with E-state index < -0.39 is 0 Å². The molecule has 5 heteroatoms. The van der Waals surface area contributed by atoms with Gasteiger partial charge in [0, 0.05) is 42.3 Å². The quantitative estimate of drug-likeness (QED) is 0.943. The molecule has 20 heavy (non-hydrogen) atoms. The summed E-state index contributed by atoms with van der Waals surface area (Å²) in [6.07, 6.45) is 2.37. The van der Waals surface area contributed by atoms with E-state index in [4.69, 9.17) is 11.6 Å². The average Bonchev–Trinajstić information content (AvgIpc) is 2.98. The standard InChI is InChI=1S/C15H17ClN2OS/c16-15-5-4-13(20-15)9-18-8-11(14(19)10-18)7-12-3-1-2-6-17-12/h1-6,11,14,19H,7-10H2/t11-,14-/m1/s1. The van der Waals surface area contributed by atoms with Crippen LogP contribution >= 0.6 is 22.9 Å². The lowest BCUT2D eigenvalue weighted by Crippen LogP contribution is -2.20. The van der Waals surface area contributed by atoms with Gasteiger partial charge in [-0.3, -0.25) is 9.88 Å². The summed E-state index contributed by atoms with van der Waals surface area (Å²) in [5.74, 6) is 0.264. The molecule has 1 fully saturated rings. The molecule has 1 aliphatic heterocycles. The molecule has 1 saturated heterocycles. The fourth-order valence-electron chi connectivity index (χ4n) is 2.72. The van der Waals surface area contributed by atoms with E-state index in [1.165, 1.54) is 4.88 Å². The third-order valence-electron chi connectivity index (χ3n) is 3.69. The number of thiophene rings is 1. The summed E-state index contributed by atoms with van der Waals surface area (Å²) in [4.78, 5) is 7.89. The molecule has 0 unspecified atom stereocenters. The van der Waals surface area contributed by atoms with Crippen molar-refractivity contribution in [2.45, 2.75) is 19.1 Å². The molecule has 3 rings (SSSR count). The Hall–Kier alpha value is -0.940. The highest BCUT2D eigenvalue weighted by Crippen LogP contribution is 2.26. The number of pyridine rings is 1. The first kappa shape index (κ1) is 14.0. The second kappa shape index (κ2) is 6.22. The van der Waals surface area contributed by atoms with Crippen LogP contribution in [0.2, 0.25) is 4.34 Å². The topological polar surface area (TPSA) is 36.4 Å². The maximum absolute atomic E-state index is 10.2. The number of rotatable bonds is 4. The minimum absolute atomic E-state index is 0.264. The van der Waals surface area contributed by atoms with E-state index in [1.807, 2.05) is 30.5 Å². The highest BCUT2D eigenvalue weighted by atomic mass is 35.5. The lowest BCUT2D eigenvalue weighted by molar-refractivity contribution is 0.140. The highest BCUT2D eigenvalue weighted by molar-refractivity contribution is 7.16. The van der Waals surface area contributed by atoms with Crippen LogP contribution in [0.3, 0.4) is 0 Å². The smallest absolute Gasteiger partial charge is 0.0931 e. The Bertz CT molecular complexity index is 560. The van der Waals surface area contributed by atoms with Crippen LogP contribution in [-0.4, -0.2) is 34.2 Å². The fourth-order valence-corrected chi connectivity index (χ4v) is 3.85. The molecule has 106 valence electrons. The first-order chi connectivity index (χ1) is 9.70. The van der Waals surface area contributed by atoms with Crippen LogP contribution in [0.25, 0.3) is 0 Å². The summed E-state index contributed by atoms with van der Waals surface area (Å²) in [6, 6.07) is 9.93. The molecule has 2 aromatic heterocycles. The van der Waals surface area contributed by atoms with E-state index in [1.54, 1.807) is 11.3 Å². The number of aliphatic hydroxyl groups excluding tert-OH is 1. The largest absolute Gasteiger partial charge is 0.391 e. The van der Waals surface area contributed by atoms with E-state index in [2.05, 4.69) is 16.0 Å². The van der Waals surface area contributed by atoms with E-state index in [9.17, 15) is 5.11 Å². The zero-order valence-corrected chi connectivity index (χ0v) is 12.6. The van der Waals surface area contributed by atoms with Gasteiger partial charge in [0.25, 0.3) is 0 Å². The number of halogens is 1. The third-order valence-corrected chi connectivity index (χ3v) is 4.90. The van der Waals surface area contributed by atoms with Gasteiger partial charge in [0.05, 0.1) is 10.4 Å². The van der Waals surface area contributed by atoms with Crippen molar-refractivity contribution in [3.05, 3.63) is 51.4 Å². The number of likely N-dealkylation sites (tertiary alicyclic amines) is 1. The number of hydrogen-bond acceptors (Lipinski definition) is 4. The Labute approximate surface area is 127 Å². The van der Waals surface area contributed by atoms with Crippen molar-refractivity contribution in [3.63, 3.8) is 0 Å². The molecule has 0 saturated carbocycles. The highest BCUT2D eigenvalue weighted by Gasteiger charge is 2.31. The lowest BCUT2D eigenvalue weighted by atomic mass is 10.00. The van der Waals surface area contributed by atoms with Crippen molar-refractivity contribution in [3.8, 4) is 0 Å². The van der Waals surface area contributed by atoms with E-state index in [-0.39, 0.29) is 12.0 Å². The maximum atomic E-state index is 10.2. The zero-order chi connectivity index (χ0) is 13.9. The zero-order valence-electron chi connectivity index (χ0n) is 11.1. The van der Waals surface area contributed by atoms with Gasteiger partial charge in [0.15, 0.2) is 0 Å². The van der Waals surface area contributed by atoms with Crippen LogP contribution in [0.15, 0.2) is 36.5 Å². The van der Waals surface area contributed by atoms with Crippen LogP contribution < -0.4 is 0 Å². The first-order valence-corrected chi connectivity index (χ1v) is 7.94. The van der Waals surface area contributed by atoms with Gasteiger partial charge >= 0.3 is 0 Å². The summed E-state index contributed by atoms with van der Waals surface area (Å²) in [5.41, 5.74) is 1.05. The van der Waals surface area contributed by atoms with Crippen LogP contribution in [-0.2, 0) is 13.0 Å². The minimum atomic E-state index is -0.271. The van der Waals surface area contributed by atoms with E-state index >= 15 is 0 Å². The van der Waals surface area contributed by atoms with Crippen LogP contribution in [0.4, 0.5) is 0 Å². The third kappa shape index (κ3) is 3.38. The first-order valence-electron chi connectivity index (χ1n) is 6.75. The van der Waals surface area contributed by atoms with Crippen molar-refractivity contribution in [1.29, 1.82) is 0 Å². The SMILES string of the molecule is O[C@@H]1CN(Cc2ccc(Cl)s2)C[C@H]1Cc1ccccn1. The molecule has 2 aromatic rings. The summed E-state index contributed by atoms with van der Waals surface area (Å²) in [7, 11) is 0. The molecule has 0 spiro atoms. The predicted octanol–water partition coefficient (Wildman–Crippen LogP) is 2.83. The molecule has 1 N–H and O–H groups in total. The van der Waals surface area contributed by atoms with Gasteiger partial charge in [0.1, 0.15) is 0 Å². The molecular formula is C15H17ClN2OS. The Kier molecular flexibility index (Phi) is 4.36. The fraction of sp³-hybridized carbons (Fsp3) is 0.400. The Morgan fingerprint density at radius 1 is 1.30 bits per heavy atom. The summed E-state index contributed by atoms with van der Waals surface area (Å²) in [5, 5.41) is 10.2. The molecule has 0 aromatic carbocycles. The second-order valence-corrected chi connectivity index (χ2v) is 7.05. The van der Waals surface area contributed by atoms with Crippen LogP contribution in [0.5, 0.6) is 0 Å². The van der Waals surface area contributed by atoms with Gasteiger partial charge in [-0.05, 0) is 30.7 Å². The number of nitrogens with zero attached hydrogens (tertiary/aromatic N) is 2. The lowest BCUT2D eigenvalue weighted by Gasteiger charge is -2.14. The van der Waals surface area contributed by atoms with Gasteiger partial charge in [-0.15, -0.1) is 11.3 Å². The summed E-state index contributed by atoms with van der Waals surface area (Å²) >= 11 is 7.56. The number of aliphatic hydroxyl groups is 1. The second-order valence-electron chi connectivity index (χ2n) is 5.25. The number of hydrogen-bond donors (Lipinski definition) is 1. The predicted molar refractivity (Wildman–Crippen MR) is 82.0 cm³/mol. The Balaban J connectivity index is 1.59. The minimum Gasteiger partial charge on any atom is -0.391 e. The van der Waals surface area contributed by atoms with Crippen molar-refractivity contribution in [2.75, 3.05) is 13.1 Å². The van der Waals surface area contributed by atoms with Crippen molar-refractivity contribution in [2.24, 2.45) is 5.92 Å². The van der Waals surface area contributed by atoms with Crippen molar-refractivity contribution in [1.82, 2.24) is 9.88 Å². The summed E-state index contributed by atoms with van der Waals surface area (Å²) < 4.78 is 0.824.